The van der Waals surface area contributed by atoms with E-state index in [2.05, 4.69) is 15.0 Å². The summed E-state index contributed by atoms with van der Waals surface area (Å²) < 4.78 is 41.1. The van der Waals surface area contributed by atoms with Crippen LogP contribution in [0.2, 0.25) is 10.0 Å². The lowest BCUT2D eigenvalue weighted by atomic mass is 9.96. The summed E-state index contributed by atoms with van der Waals surface area (Å²) in [5.41, 5.74) is 1.65. The monoisotopic (exact) mass is 476 g/mol. The third kappa shape index (κ3) is 6.31. The molecule has 1 aliphatic heterocycles. The summed E-state index contributed by atoms with van der Waals surface area (Å²) in [6.45, 7) is 3.22. The maximum Gasteiger partial charge on any atom is 0.573 e. The third-order valence-corrected chi connectivity index (χ3v) is 5.06. The summed E-state index contributed by atoms with van der Waals surface area (Å²) in [5, 5.41) is 4.19. The number of hydrogen-bond acceptors (Lipinski definition) is 3. The van der Waals surface area contributed by atoms with Crippen molar-refractivity contribution in [2.75, 3.05) is 26.2 Å². The van der Waals surface area contributed by atoms with Crippen LogP contribution in [0.25, 0.3) is 0 Å². The summed E-state index contributed by atoms with van der Waals surface area (Å²) in [4.78, 5) is 2.23. The largest absolute Gasteiger partial charge is 0.573 e. The van der Waals surface area contributed by atoms with Crippen molar-refractivity contribution in [3.63, 3.8) is 0 Å². The van der Waals surface area contributed by atoms with Gasteiger partial charge in [-0.15, -0.1) is 38.0 Å². The van der Waals surface area contributed by atoms with E-state index in [1.807, 2.05) is 12.1 Å². The van der Waals surface area contributed by atoms with Crippen LogP contribution in [-0.2, 0) is 0 Å². The van der Waals surface area contributed by atoms with Crippen LogP contribution < -0.4 is 10.1 Å². The number of halogens is 7. The fraction of sp³-hybridized carbons (Fsp3) is 0.333. The number of piperazine rings is 1. The Kier molecular flexibility index (Phi) is 9.67. The van der Waals surface area contributed by atoms with Crippen molar-refractivity contribution >= 4 is 48.0 Å². The molecule has 3 nitrogen and oxygen atoms in total. The van der Waals surface area contributed by atoms with Gasteiger partial charge in [0, 0.05) is 26.2 Å². The second-order valence-electron chi connectivity index (χ2n) is 5.95. The van der Waals surface area contributed by atoms with Crippen molar-refractivity contribution in [1.82, 2.24) is 10.2 Å². The Hall–Kier alpha value is -0.890. The first-order valence-electron chi connectivity index (χ1n) is 8.09. The zero-order chi connectivity index (χ0) is 18.7. The average Bonchev–Trinajstić information content (AvgIpc) is 2.60. The summed E-state index contributed by atoms with van der Waals surface area (Å²) >= 11 is 12.6. The van der Waals surface area contributed by atoms with Gasteiger partial charge in [-0.2, -0.15) is 0 Å². The van der Waals surface area contributed by atoms with Gasteiger partial charge in [-0.1, -0.05) is 47.5 Å². The zero-order valence-corrected chi connectivity index (χ0v) is 17.7. The van der Waals surface area contributed by atoms with Gasteiger partial charge >= 0.3 is 6.36 Å². The van der Waals surface area contributed by atoms with E-state index in [0.29, 0.717) is 10.0 Å². The second kappa shape index (κ2) is 10.8. The van der Waals surface area contributed by atoms with Gasteiger partial charge in [0.2, 0.25) is 0 Å². The van der Waals surface area contributed by atoms with Gasteiger partial charge in [-0.05, 0) is 29.3 Å². The Morgan fingerprint density at radius 2 is 1.57 bits per heavy atom. The van der Waals surface area contributed by atoms with E-state index in [-0.39, 0.29) is 36.6 Å². The molecule has 1 saturated heterocycles. The first-order valence-corrected chi connectivity index (χ1v) is 8.85. The van der Waals surface area contributed by atoms with E-state index >= 15 is 0 Å². The summed E-state index contributed by atoms with van der Waals surface area (Å²) in [6.07, 6.45) is -4.71. The Morgan fingerprint density at radius 3 is 2.14 bits per heavy atom. The number of ether oxygens (including phenoxy) is 1. The lowest BCUT2D eigenvalue weighted by Gasteiger charge is -2.36. The number of hydrogen-bond donors (Lipinski definition) is 1. The van der Waals surface area contributed by atoms with Crippen LogP contribution in [0.4, 0.5) is 13.2 Å². The maximum absolute atomic E-state index is 12.4. The van der Waals surface area contributed by atoms with Crippen molar-refractivity contribution in [3.05, 3.63) is 63.6 Å². The van der Waals surface area contributed by atoms with Crippen molar-refractivity contribution in [3.8, 4) is 5.75 Å². The van der Waals surface area contributed by atoms with Crippen molar-refractivity contribution < 1.29 is 17.9 Å². The smallest absolute Gasteiger partial charge is 0.406 e. The van der Waals surface area contributed by atoms with Gasteiger partial charge in [0.05, 0.1) is 16.1 Å². The van der Waals surface area contributed by atoms with E-state index in [9.17, 15) is 13.2 Å². The summed E-state index contributed by atoms with van der Waals surface area (Å²) in [5.74, 6) is -0.252. The molecule has 0 amide bonds. The molecule has 1 fully saturated rings. The molecule has 0 radical (unpaired) electrons. The first kappa shape index (κ1) is 25.1. The fourth-order valence-corrected chi connectivity index (χ4v) is 3.52. The van der Waals surface area contributed by atoms with E-state index in [0.717, 1.165) is 37.3 Å². The van der Waals surface area contributed by atoms with Crippen molar-refractivity contribution in [2.24, 2.45) is 0 Å². The minimum Gasteiger partial charge on any atom is -0.406 e. The minimum atomic E-state index is -4.71. The first-order chi connectivity index (χ1) is 12.3. The molecule has 1 aliphatic rings. The van der Waals surface area contributed by atoms with E-state index in [1.54, 1.807) is 18.2 Å². The van der Waals surface area contributed by atoms with E-state index in [4.69, 9.17) is 23.2 Å². The van der Waals surface area contributed by atoms with Crippen molar-refractivity contribution in [2.45, 2.75) is 12.4 Å². The summed E-state index contributed by atoms with van der Waals surface area (Å²) in [6, 6.07) is 11.1. The van der Waals surface area contributed by atoms with Gasteiger partial charge in [0.25, 0.3) is 0 Å². The molecule has 0 aliphatic carbocycles. The molecule has 0 bridgehead atoms. The number of benzene rings is 2. The van der Waals surface area contributed by atoms with E-state index < -0.39 is 6.36 Å². The molecule has 10 heteroatoms. The molecular weight excluding hydrogens is 459 g/mol. The number of rotatable bonds is 4. The Balaban J connectivity index is 0.00000196. The molecule has 0 aromatic heterocycles. The Morgan fingerprint density at radius 1 is 0.964 bits per heavy atom. The molecule has 2 aromatic rings. The highest BCUT2D eigenvalue weighted by atomic mass is 35.5. The van der Waals surface area contributed by atoms with Crippen LogP contribution in [-0.4, -0.2) is 37.4 Å². The predicted octanol–water partition coefficient (Wildman–Crippen LogP) is 5.73. The third-order valence-electron chi connectivity index (χ3n) is 4.22. The van der Waals surface area contributed by atoms with Crippen LogP contribution in [0, 0.1) is 0 Å². The number of alkyl halides is 3. The highest BCUT2D eigenvalue weighted by Crippen LogP contribution is 2.37. The van der Waals surface area contributed by atoms with Crippen molar-refractivity contribution in [1.29, 1.82) is 0 Å². The lowest BCUT2D eigenvalue weighted by molar-refractivity contribution is -0.274. The van der Waals surface area contributed by atoms with Gasteiger partial charge < -0.3 is 10.1 Å². The molecule has 1 atom stereocenters. The predicted molar refractivity (Wildman–Crippen MR) is 110 cm³/mol. The van der Waals surface area contributed by atoms with Crippen LogP contribution >= 0.6 is 48.0 Å². The lowest BCUT2D eigenvalue weighted by Crippen LogP contribution is -2.45. The average molecular weight is 478 g/mol. The summed E-state index contributed by atoms with van der Waals surface area (Å²) in [7, 11) is 0. The SMILES string of the molecule is Cl.Cl.FC(F)(F)Oc1ccc([C@@H](c2cccc(Cl)c2Cl)N2CCNCC2)cc1. The molecular formula is C18H19Cl4F3N2O. The molecule has 28 heavy (non-hydrogen) atoms. The quantitative estimate of drug-likeness (QED) is 0.608. The normalized spacial score (nSPS) is 15.9. The number of nitrogens with zero attached hydrogens (tertiary/aromatic N) is 1. The topological polar surface area (TPSA) is 24.5 Å². The van der Waals surface area contributed by atoms with Gasteiger partial charge in [0.15, 0.2) is 0 Å². The van der Waals surface area contributed by atoms with Crippen LogP contribution in [0.5, 0.6) is 5.75 Å². The number of nitrogens with one attached hydrogen (secondary N) is 1. The van der Waals surface area contributed by atoms with Crippen LogP contribution in [0.1, 0.15) is 17.2 Å². The van der Waals surface area contributed by atoms with Crippen LogP contribution in [0.15, 0.2) is 42.5 Å². The fourth-order valence-electron chi connectivity index (χ4n) is 3.11. The highest BCUT2D eigenvalue weighted by Gasteiger charge is 2.31. The second-order valence-corrected chi connectivity index (χ2v) is 6.73. The van der Waals surface area contributed by atoms with E-state index in [1.165, 1.54) is 12.1 Å². The molecule has 0 spiro atoms. The minimum absolute atomic E-state index is 0. The Labute approximate surface area is 184 Å². The molecule has 1 heterocycles. The zero-order valence-electron chi connectivity index (χ0n) is 14.5. The molecule has 0 unspecified atom stereocenters. The van der Waals surface area contributed by atoms with Crippen LogP contribution in [0.3, 0.4) is 0 Å². The molecule has 1 N–H and O–H groups in total. The van der Waals surface area contributed by atoms with Gasteiger partial charge in [0.1, 0.15) is 5.75 Å². The Bertz CT molecular complexity index is 753. The molecule has 156 valence electrons. The van der Waals surface area contributed by atoms with Gasteiger partial charge in [-0.3, -0.25) is 4.90 Å². The molecule has 2 aromatic carbocycles. The molecule has 3 rings (SSSR count). The van der Waals surface area contributed by atoms with Gasteiger partial charge in [-0.25, -0.2) is 0 Å². The molecule has 0 saturated carbocycles. The highest BCUT2D eigenvalue weighted by molar-refractivity contribution is 6.42. The maximum atomic E-state index is 12.4. The standard InChI is InChI=1S/C18H17Cl2F3N2O.2ClH/c19-15-3-1-2-14(16(15)20)17(25-10-8-24-9-11-25)12-4-6-13(7-5-12)26-18(21,22)23;;/h1-7,17,24H,8-11H2;2*1H/t17-;;/m0../s1.